The number of rotatable bonds is 2. The molecule has 6 heteroatoms. The van der Waals surface area contributed by atoms with Gasteiger partial charge < -0.3 is 0 Å². The van der Waals surface area contributed by atoms with Gasteiger partial charge in [0.25, 0.3) is 0 Å². The fraction of sp³-hybridized carbons (Fsp3) is 0. The Morgan fingerprint density at radius 2 is 1.11 bits per heavy atom. The number of hydrogen-bond donors (Lipinski definition) is 0. The molecule has 3 rings (SSSR count). The van der Waals surface area contributed by atoms with Crippen LogP contribution in [0.2, 0.25) is 0 Å². The van der Waals surface area contributed by atoms with Gasteiger partial charge in [0, 0.05) is 0 Å². The van der Waals surface area contributed by atoms with Crippen LogP contribution in [0.3, 0.4) is 0 Å². The maximum atomic E-state index is 4.28. The lowest BCUT2D eigenvalue weighted by molar-refractivity contribution is 1.05. The van der Waals surface area contributed by atoms with Gasteiger partial charge in [-0.25, -0.2) is 0 Å². The van der Waals surface area contributed by atoms with Gasteiger partial charge in [0.2, 0.25) is 0 Å². The highest BCUT2D eigenvalue weighted by atomic mass is 79.9. The minimum absolute atomic E-state index is 0.907. The van der Waals surface area contributed by atoms with Gasteiger partial charge in [-0.3, -0.25) is 0 Å². The van der Waals surface area contributed by atoms with Crippen LogP contribution >= 0.6 is 54.5 Å². The summed E-state index contributed by atoms with van der Waals surface area (Å²) in [5.41, 5.74) is 1.81. The molecule has 0 unspecified atom stereocenters. The number of hydrogen-bond acceptors (Lipinski definition) is 4. The molecule has 0 aromatic carbocycles. The Balaban J connectivity index is 1.94. The molecule has 0 radical (unpaired) electrons. The third kappa shape index (κ3) is 2.56. The molecule has 2 nitrogen and oxygen atoms in total. The molecule has 3 aromatic rings. The molecular weight excluding hydrogens is 396 g/mol. The van der Waals surface area contributed by atoms with Crippen LogP contribution in [0.1, 0.15) is 0 Å². The number of aromatic nitrogens is 2. The van der Waals surface area contributed by atoms with E-state index in [0.717, 1.165) is 28.7 Å². The molecule has 0 saturated carbocycles. The Morgan fingerprint density at radius 1 is 0.667 bits per heavy atom. The first-order chi connectivity index (χ1) is 8.72. The van der Waals surface area contributed by atoms with Crippen LogP contribution in [0.4, 0.5) is 0 Å². The van der Waals surface area contributed by atoms with Crippen molar-refractivity contribution in [3.63, 3.8) is 0 Å². The van der Waals surface area contributed by atoms with Gasteiger partial charge >= 0.3 is 0 Å². The first-order valence-corrected chi connectivity index (χ1v) is 8.29. The molecule has 90 valence electrons. The maximum absolute atomic E-state index is 4.28. The van der Waals surface area contributed by atoms with E-state index in [-0.39, 0.29) is 0 Å². The minimum Gasteiger partial charge on any atom is -0.149 e. The van der Waals surface area contributed by atoms with Crippen molar-refractivity contribution in [2.45, 2.75) is 0 Å². The van der Waals surface area contributed by atoms with Crippen LogP contribution in [0, 0.1) is 0 Å². The summed E-state index contributed by atoms with van der Waals surface area (Å²) in [4.78, 5) is 2.24. The molecule has 0 amide bonds. The topological polar surface area (TPSA) is 25.8 Å². The van der Waals surface area contributed by atoms with Gasteiger partial charge in [-0.1, -0.05) is 0 Å². The zero-order chi connectivity index (χ0) is 12.5. The number of nitrogens with zero attached hydrogens (tertiary/aromatic N) is 2. The fourth-order valence-corrected chi connectivity index (χ4v) is 4.20. The normalized spacial score (nSPS) is 10.8. The van der Waals surface area contributed by atoms with Crippen LogP contribution < -0.4 is 0 Å². The lowest BCUT2D eigenvalue weighted by atomic mass is 10.3. The van der Waals surface area contributed by atoms with Crippen LogP contribution in [0.25, 0.3) is 21.1 Å². The summed E-state index contributed by atoms with van der Waals surface area (Å²) in [6, 6.07) is 12.1. The van der Waals surface area contributed by atoms with Crippen LogP contribution in [-0.2, 0) is 0 Å². The van der Waals surface area contributed by atoms with Crippen molar-refractivity contribution >= 4 is 54.5 Å². The smallest absolute Gasteiger partial charge is 0.103 e. The van der Waals surface area contributed by atoms with Gasteiger partial charge in [0.15, 0.2) is 0 Å². The van der Waals surface area contributed by atoms with E-state index < -0.39 is 0 Å². The van der Waals surface area contributed by atoms with E-state index in [1.165, 1.54) is 0 Å². The van der Waals surface area contributed by atoms with Crippen molar-refractivity contribution in [2.75, 3.05) is 0 Å². The molecule has 3 aromatic heterocycles. The van der Waals surface area contributed by atoms with Gasteiger partial charge in [0.05, 0.1) is 17.3 Å². The summed E-state index contributed by atoms with van der Waals surface area (Å²) in [5.74, 6) is 0. The van der Waals surface area contributed by atoms with Gasteiger partial charge in [-0.05, 0) is 68.3 Å². The second-order valence-corrected chi connectivity index (χ2v) is 8.44. The Kier molecular flexibility index (Phi) is 3.61. The molecule has 0 aliphatic carbocycles. The Bertz CT molecular complexity index is 614. The van der Waals surface area contributed by atoms with Crippen molar-refractivity contribution in [3.8, 4) is 21.1 Å². The van der Waals surface area contributed by atoms with Crippen molar-refractivity contribution in [2.24, 2.45) is 0 Å². The highest BCUT2D eigenvalue weighted by Crippen LogP contribution is 2.32. The third-order valence-electron chi connectivity index (χ3n) is 2.32. The lowest BCUT2D eigenvalue weighted by Gasteiger charge is -1.97. The molecule has 0 aliphatic heterocycles. The predicted octanol–water partition coefficient (Wildman–Crippen LogP) is 5.46. The Morgan fingerprint density at radius 3 is 1.39 bits per heavy atom. The first kappa shape index (κ1) is 12.5. The lowest BCUT2D eigenvalue weighted by Crippen LogP contribution is -1.87. The largest absolute Gasteiger partial charge is 0.149 e. The zero-order valence-electron chi connectivity index (χ0n) is 8.93. The predicted molar refractivity (Wildman–Crippen MR) is 84.1 cm³/mol. The summed E-state index contributed by atoms with van der Waals surface area (Å²) in [5, 5.41) is 8.56. The highest BCUT2D eigenvalue weighted by Gasteiger charge is 2.06. The van der Waals surface area contributed by atoms with Crippen molar-refractivity contribution in [3.05, 3.63) is 44.0 Å². The average Bonchev–Trinajstić information content (AvgIpc) is 2.98. The van der Waals surface area contributed by atoms with Gasteiger partial charge in [-0.2, -0.15) is 0 Å². The van der Waals surface area contributed by atoms with E-state index in [0.29, 0.717) is 0 Å². The Labute approximate surface area is 129 Å². The monoisotopic (exact) mass is 400 g/mol. The zero-order valence-corrected chi connectivity index (χ0v) is 13.7. The number of thiophene rings is 2. The molecule has 0 N–H and O–H groups in total. The highest BCUT2D eigenvalue weighted by molar-refractivity contribution is 9.11. The molecular formula is C12H6Br2N2S2. The van der Waals surface area contributed by atoms with E-state index in [2.05, 4.69) is 42.1 Å². The summed E-state index contributed by atoms with van der Waals surface area (Å²) < 4.78 is 2.20. The molecule has 0 spiro atoms. The van der Waals surface area contributed by atoms with Gasteiger partial charge in [-0.15, -0.1) is 32.9 Å². The maximum Gasteiger partial charge on any atom is 0.103 e. The summed E-state index contributed by atoms with van der Waals surface area (Å²) in [6.45, 7) is 0. The van der Waals surface area contributed by atoms with Crippen molar-refractivity contribution in [1.29, 1.82) is 0 Å². The third-order valence-corrected chi connectivity index (χ3v) is 5.61. The second kappa shape index (κ2) is 5.21. The molecule has 0 bridgehead atoms. The van der Waals surface area contributed by atoms with Crippen LogP contribution in [0.5, 0.6) is 0 Å². The molecule has 3 heterocycles. The summed E-state index contributed by atoms with van der Waals surface area (Å²) >= 11 is 10.2. The fourth-order valence-electron chi connectivity index (χ4n) is 1.50. The van der Waals surface area contributed by atoms with Crippen molar-refractivity contribution < 1.29 is 0 Å². The van der Waals surface area contributed by atoms with Gasteiger partial charge in [0.1, 0.15) is 11.4 Å². The van der Waals surface area contributed by atoms with Crippen LogP contribution in [0.15, 0.2) is 44.0 Å². The average molecular weight is 402 g/mol. The minimum atomic E-state index is 0.907. The molecule has 0 aliphatic rings. The van der Waals surface area contributed by atoms with E-state index in [9.17, 15) is 0 Å². The quantitative estimate of drug-likeness (QED) is 0.569. The van der Waals surface area contributed by atoms with E-state index in [1.807, 2.05) is 36.4 Å². The van der Waals surface area contributed by atoms with Crippen molar-refractivity contribution in [1.82, 2.24) is 10.2 Å². The molecule has 0 atom stereocenters. The molecule has 0 fully saturated rings. The standard InChI is InChI=1S/C12H6Br2N2S2/c13-11-5-3-9(17-11)7-1-2-8(16-15-7)10-4-6-12(14)18-10/h1-6H. The molecule has 18 heavy (non-hydrogen) atoms. The molecule has 0 saturated heterocycles. The SMILES string of the molecule is Brc1ccc(-c2ccc(-c3ccc(Br)s3)nn2)s1. The second-order valence-electron chi connectivity index (χ2n) is 3.51. The summed E-state index contributed by atoms with van der Waals surface area (Å²) in [6.07, 6.45) is 0. The first-order valence-electron chi connectivity index (χ1n) is 5.07. The number of halogens is 2. The van der Waals surface area contributed by atoms with E-state index in [1.54, 1.807) is 22.7 Å². The Hall–Kier alpha value is -0.560. The van der Waals surface area contributed by atoms with E-state index in [4.69, 9.17) is 0 Å². The van der Waals surface area contributed by atoms with E-state index >= 15 is 0 Å². The summed E-state index contributed by atoms with van der Waals surface area (Å²) in [7, 11) is 0. The van der Waals surface area contributed by atoms with Crippen LogP contribution in [-0.4, -0.2) is 10.2 Å².